The summed E-state index contributed by atoms with van der Waals surface area (Å²) in [7, 11) is 0. The Hall–Kier alpha value is -1.59. The van der Waals surface area contributed by atoms with Crippen molar-refractivity contribution in [2.75, 3.05) is 59.0 Å². The van der Waals surface area contributed by atoms with Gasteiger partial charge in [0.1, 0.15) is 12.4 Å². The molecule has 0 N–H and O–H groups in total. The highest BCUT2D eigenvalue weighted by Crippen LogP contribution is 2.10. The van der Waals surface area contributed by atoms with E-state index in [0.717, 1.165) is 51.6 Å². The Morgan fingerprint density at radius 2 is 1.52 bits per heavy atom. The van der Waals surface area contributed by atoms with Gasteiger partial charge in [-0.15, -0.1) is 0 Å². The minimum Gasteiger partial charge on any atom is -0.492 e. The second-order valence-corrected chi connectivity index (χ2v) is 8.37. The Balaban J connectivity index is 1.68. The molecule has 5 nitrogen and oxygen atoms in total. The van der Waals surface area contributed by atoms with Crippen molar-refractivity contribution in [2.45, 2.75) is 27.7 Å². The average Bonchev–Trinajstić information content (AvgIpc) is 2.63. The molecule has 0 atom stereocenters. The average molecular weight is 376 g/mol. The molecular formula is C22H37N3O2. The highest BCUT2D eigenvalue weighted by Gasteiger charge is 2.22. The van der Waals surface area contributed by atoms with Crippen LogP contribution in [0.25, 0.3) is 0 Å². The van der Waals surface area contributed by atoms with Gasteiger partial charge < -0.3 is 9.64 Å². The maximum Gasteiger partial charge on any atom is 0.236 e. The van der Waals surface area contributed by atoms with E-state index in [1.807, 2.05) is 30.3 Å². The first-order chi connectivity index (χ1) is 12.9. The minimum atomic E-state index is 0.276. The van der Waals surface area contributed by atoms with Gasteiger partial charge in [-0.25, -0.2) is 0 Å². The van der Waals surface area contributed by atoms with Gasteiger partial charge in [0, 0.05) is 45.8 Å². The quantitative estimate of drug-likeness (QED) is 0.630. The molecule has 152 valence electrons. The third kappa shape index (κ3) is 8.31. The number of benzene rings is 1. The summed E-state index contributed by atoms with van der Waals surface area (Å²) in [5.41, 5.74) is 0. The van der Waals surface area contributed by atoms with Crippen LogP contribution in [-0.2, 0) is 4.79 Å². The van der Waals surface area contributed by atoms with Crippen molar-refractivity contribution in [1.29, 1.82) is 0 Å². The van der Waals surface area contributed by atoms with Crippen molar-refractivity contribution in [2.24, 2.45) is 11.8 Å². The maximum absolute atomic E-state index is 12.7. The van der Waals surface area contributed by atoms with Crippen molar-refractivity contribution >= 4 is 5.91 Å². The Kier molecular flexibility index (Phi) is 9.08. The van der Waals surface area contributed by atoms with Gasteiger partial charge in [-0.05, 0) is 24.0 Å². The first-order valence-electron chi connectivity index (χ1n) is 10.3. The second kappa shape index (κ2) is 11.3. The molecular weight excluding hydrogens is 338 g/mol. The molecule has 0 bridgehead atoms. The topological polar surface area (TPSA) is 36.0 Å². The van der Waals surface area contributed by atoms with Gasteiger partial charge in [0.2, 0.25) is 5.91 Å². The van der Waals surface area contributed by atoms with Crippen molar-refractivity contribution in [1.82, 2.24) is 14.7 Å². The van der Waals surface area contributed by atoms with E-state index in [2.05, 4.69) is 42.4 Å². The number of amides is 1. The van der Waals surface area contributed by atoms with E-state index in [4.69, 9.17) is 4.74 Å². The van der Waals surface area contributed by atoms with Crippen LogP contribution in [-0.4, -0.2) is 79.6 Å². The fourth-order valence-electron chi connectivity index (χ4n) is 3.43. The van der Waals surface area contributed by atoms with Crippen molar-refractivity contribution in [3.63, 3.8) is 0 Å². The van der Waals surface area contributed by atoms with E-state index in [1.165, 1.54) is 0 Å². The van der Waals surface area contributed by atoms with E-state index in [9.17, 15) is 4.79 Å². The third-order valence-electron chi connectivity index (χ3n) is 4.77. The predicted octanol–water partition coefficient (Wildman–Crippen LogP) is 2.82. The summed E-state index contributed by atoms with van der Waals surface area (Å²) in [5.74, 6) is 2.22. The van der Waals surface area contributed by atoms with Crippen LogP contribution in [0.4, 0.5) is 0 Å². The van der Waals surface area contributed by atoms with E-state index in [-0.39, 0.29) is 5.91 Å². The summed E-state index contributed by atoms with van der Waals surface area (Å²) in [6, 6.07) is 9.96. The number of carbonyl (C=O) groups is 1. The van der Waals surface area contributed by atoms with Gasteiger partial charge in [0.15, 0.2) is 0 Å². The molecule has 1 fully saturated rings. The number of nitrogens with zero attached hydrogens (tertiary/aromatic N) is 3. The molecule has 0 unspecified atom stereocenters. The van der Waals surface area contributed by atoms with E-state index < -0.39 is 0 Å². The number of hydrogen-bond donors (Lipinski definition) is 0. The van der Waals surface area contributed by atoms with Gasteiger partial charge >= 0.3 is 0 Å². The number of carbonyl (C=O) groups excluding carboxylic acids is 1. The fraction of sp³-hybridized carbons (Fsp3) is 0.682. The molecule has 5 heteroatoms. The SMILES string of the molecule is CC(C)CN(CC(C)C)C(=O)CN1CCN(CCOc2ccccc2)CC1. The van der Waals surface area contributed by atoms with Gasteiger partial charge in [-0.1, -0.05) is 45.9 Å². The summed E-state index contributed by atoms with van der Waals surface area (Å²) < 4.78 is 5.79. The fourth-order valence-corrected chi connectivity index (χ4v) is 3.43. The monoisotopic (exact) mass is 375 g/mol. The van der Waals surface area contributed by atoms with E-state index >= 15 is 0 Å². The van der Waals surface area contributed by atoms with Crippen LogP contribution in [0.5, 0.6) is 5.75 Å². The lowest BCUT2D eigenvalue weighted by Crippen LogP contribution is -2.51. The Labute approximate surface area is 165 Å². The zero-order valence-corrected chi connectivity index (χ0v) is 17.6. The van der Waals surface area contributed by atoms with Gasteiger partial charge in [-0.2, -0.15) is 0 Å². The van der Waals surface area contributed by atoms with Crippen molar-refractivity contribution < 1.29 is 9.53 Å². The molecule has 0 aromatic heterocycles. The van der Waals surface area contributed by atoms with Crippen LogP contribution in [0.1, 0.15) is 27.7 Å². The number of ether oxygens (including phenoxy) is 1. The Bertz CT molecular complexity index is 530. The lowest BCUT2D eigenvalue weighted by Gasteiger charge is -2.35. The third-order valence-corrected chi connectivity index (χ3v) is 4.77. The largest absolute Gasteiger partial charge is 0.492 e. The van der Waals surface area contributed by atoms with Crippen LogP contribution in [0, 0.1) is 11.8 Å². The highest BCUT2D eigenvalue weighted by molar-refractivity contribution is 5.78. The zero-order chi connectivity index (χ0) is 19.6. The molecule has 2 rings (SSSR count). The first kappa shape index (κ1) is 21.7. The number of piperazine rings is 1. The van der Waals surface area contributed by atoms with Crippen LogP contribution >= 0.6 is 0 Å². The van der Waals surface area contributed by atoms with Gasteiger partial charge in [0.25, 0.3) is 0 Å². The molecule has 1 aliphatic heterocycles. The van der Waals surface area contributed by atoms with Crippen molar-refractivity contribution in [3.8, 4) is 5.75 Å². The van der Waals surface area contributed by atoms with Crippen LogP contribution < -0.4 is 4.74 Å². The van der Waals surface area contributed by atoms with Crippen LogP contribution in [0.3, 0.4) is 0 Å². The zero-order valence-electron chi connectivity index (χ0n) is 17.6. The van der Waals surface area contributed by atoms with Gasteiger partial charge in [-0.3, -0.25) is 14.6 Å². The minimum absolute atomic E-state index is 0.276. The second-order valence-electron chi connectivity index (χ2n) is 8.37. The molecule has 1 aliphatic rings. The molecule has 0 radical (unpaired) electrons. The molecule has 1 saturated heterocycles. The molecule has 27 heavy (non-hydrogen) atoms. The smallest absolute Gasteiger partial charge is 0.236 e. The Morgan fingerprint density at radius 1 is 0.963 bits per heavy atom. The molecule has 1 aromatic rings. The lowest BCUT2D eigenvalue weighted by molar-refractivity contribution is -0.134. The standard InChI is InChI=1S/C22H37N3O2/c1-19(2)16-25(17-20(3)4)22(26)18-24-12-10-23(11-13-24)14-15-27-21-8-6-5-7-9-21/h5-9,19-20H,10-18H2,1-4H3. The van der Waals surface area contributed by atoms with E-state index in [0.29, 0.717) is 25.0 Å². The van der Waals surface area contributed by atoms with Gasteiger partial charge in [0.05, 0.1) is 6.54 Å². The van der Waals surface area contributed by atoms with Crippen molar-refractivity contribution in [3.05, 3.63) is 30.3 Å². The molecule has 0 spiro atoms. The molecule has 0 aliphatic carbocycles. The van der Waals surface area contributed by atoms with Crippen LogP contribution in [0.2, 0.25) is 0 Å². The normalized spacial score (nSPS) is 16.1. The molecule has 1 heterocycles. The summed E-state index contributed by atoms with van der Waals surface area (Å²) in [5, 5.41) is 0. The Morgan fingerprint density at radius 3 is 2.07 bits per heavy atom. The molecule has 0 saturated carbocycles. The van der Waals surface area contributed by atoms with Crippen LogP contribution in [0.15, 0.2) is 30.3 Å². The predicted molar refractivity (Wildman–Crippen MR) is 111 cm³/mol. The number of hydrogen-bond acceptors (Lipinski definition) is 4. The summed E-state index contributed by atoms with van der Waals surface area (Å²) in [4.78, 5) is 19.5. The first-order valence-corrected chi connectivity index (χ1v) is 10.3. The number of para-hydroxylation sites is 1. The maximum atomic E-state index is 12.7. The molecule has 1 aromatic carbocycles. The van der Waals surface area contributed by atoms with E-state index in [1.54, 1.807) is 0 Å². The number of rotatable bonds is 10. The highest BCUT2D eigenvalue weighted by atomic mass is 16.5. The summed E-state index contributed by atoms with van der Waals surface area (Å²) in [6.07, 6.45) is 0. The summed E-state index contributed by atoms with van der Waals surface area (Å²) in [6.45, 7) is 16.5. The lowest BCUT2D eigenvalue weighted by atomic mass is 10.1. The summed E-state index contributed by atoms with van der Waals surface area (Å²) >= 11 is 0. The molecule has 1 amide bonds.